The molecular weight excluding hydrogens is 579 g/mol. The molecule has 6 aromatic rings. The number of rotatable bonds is 6. The molecule has 4 heterocycles. The van der Waals surface area contributed by atoms with Crippen LogP contribution in [0.1, 0.15) is 43.8 Å². The van der Waals surface area contributed by atoms with Gasteiger partial charge >= 0.3 is 0 Å². The minimum atomic E-state index is -0.986. The van der Waals surface area contributed by atoms with E-state index in [0.29, 0.717) is 35.5 Å². The van der Waals surface area contributed by atoms with E-state index in [4.69, 9.17) is 26.5 Å². The summed E-state index contributed by atoms with van der Waals surface area (Å²) in [6.07, 6.45) is 8.76. The highest BCUT2D eigenvalue weighted by Crippen LogP contribution is 2.33. The van der Waals surface area contributed by atoms with Crippen LogP contribution in [0.15, 0.2) is 73.2 Å². The zero-order valence-corrected chi connectivity index (χ0v) is 23.8. The molecule has 0 radical (unpaired) electrons. The summed E-state index contributed by atoms with van der Waals surface area (Å²) in [5.74, 6) is -0.686. The first-order chi connectivity index (χ1) is 21.8. The zero-order valence-electron chi connectivity index (χ0n) is 23.8. The average molecular weight is 607 g/mol. The van der Waals surface area contributed by atoms with E-state index in [1.165, 1.54) is 17.5 Å². The molecule has 0 bridgehead atoms. The molecule has 45 heavy (non-hydrogen) atoms. The van der Waals surface area contributed by atoms with Gasteiger partial charge in [0.1, 0.15) is 22.9 Å². The van der Waals surface area contributed by atoms with Crippen LogP contribution in [0.25, 0.3) is 34.1 Å². The highest BCUT2D eigenvalue weighted by atomic mass is 19.1. The van der Waals surface area contributed by atoms with Gasteiger partial charge in [-0.05, 0) is 72.9 Å². The molecule has 0 unspecified atom stereocenters. The standard InChI is InChI=1S/C24H21N7O.C8H6FNO3/c25-22-19(5-2-10-26-22)23-28-20-8-9-21(30-13-15(14-32)12-27-30)29-24(20)31(23)18-7-6-16-3-1-4-17(16)11-18;9-6-2-7(12)4(3-11)1-5(6)8(10)13/h2,5-13,32H,1,3-4,14H2,(H2,25,26);1-3,12H,(H2,10,13). The number of benzene rings is 2. The summed E-state index contributed by atoms with van der Waals surface area (Å²) in [5.41, 5.74) is 17.2. The Kier molecular flexibility index (Phi) is 7.75. The molecule has 7 rings (SSSR count). The maximum Gasteiger partial charge on any atom is 0.251 e. The van der Waals surface area contributed by atoms with Crippen molar-refractivity contribution in [2.24, 2.45) is 5.73 Å². The van der Waals surface area contributed by atoms with E-state index in [0.717, 1.165) is 41.2 Å². The van der Waals surface area contributed by atoms with Crippen molar-refractivity contribution < 1.29 is 24.2 Å². The van der Waals surface area contributed by atoms with Crippen molar-refractivity contribution in [3.8, 4) is 28.6 Å². The van der Waals surface area contributed by atoms with Gasteiger partial charge in [0, 0.05) is 29.7 Å². The van der Waals surface area contributed by atoms with Crippen molar-refractivity contribution in [2.45, 2.75) is 25.9 Å². The first-order valence-corrected chi connectivity index (χ1v) is 13.9. The summed E-state index contributed by atoms with van der Waals surface area (Å²) in [6, 6.07) is 15.7. The van der Waals surface area contributed by atoms with Gasteiger partial charge in [-0.2, -0.15) is 5.10 Å². The number of aldehydes is 1. The molecule has 12 nitrogen and oxygen atoms in total. The first-order valence-electron chi connectivity index (χ1n) is 13.9. The number of pyridine rings is 2. The predicted molar refractivity (Wildman–Crippen MR) is 164 cm³/mol. The second kappa shape index (κ2) is 12.0. The summed E-state index contributed by atoms with van der Waals surface area (Å²) in [6.45, 7) is -0.0697. The lowest BCUT2D eigenvalue weighted by molar-refractivity contribution is 0.0996. The number of nitrogen functional groups attached to an aromatic ring is 1. The fraction of sp³-hybridized carbons (Fsp3) is 0.125. The number of aryl methyl sites for hydroxylation is 2. The third-order valence-electron chi connectivity index (χ3n) is 7.47. The second-order valence-electron chi connectivity index (χ2n) is 10.4. The Morgan fingerprint density at radius 3 is 2.62 bits per heavy atom. The number of anilines is 1. The van der Waals surface area contributed by atoms with E-state index in [2.05, 4.69) is 28.3 Å². The number of fused-ring (bicyclic) bond motifs is 2. The molecule has 0 atom stereocenters. The zero-order chi connectivity index (χ0) is 31.7. The van der Waals surface area contributed by atoms with Crippen LogP contribution in [0.5, 0.6) is 5.75 Å². The smallest absolute Gasteiger partial charge is 0.251 e. The molecule has 0 saturated carbocycles. The van der Waals surface area contributed by atoms with Gasteiger partial charge in [-0.1, -0.05) is 6.07 Å². The number of aromatic hydroxyl groups is 1. The van der Waals surface area contributed by atoms with Crippen LogP contribution < -0.4 is 11.5 Å². The van der Waals surface area contributed by atoms with Gasteiger partial charge in [0.2, 0.25) is 0 Å². The number of phenolic OH excluding ortho intramolecular Hbond substituents is 1. The third-order valence-corrected chi connectivity index (χ3v) is 7.47. The lowest BCUT2D eigenvalue weighted by Gasteiger charge is -2.12. The number of hydrogen-bond acceptors (Lipinski definition) is 9. The maximum atomic E-state index is 12.8. The number of carbonyl (C=O) groups is 2. The Morgan fingerprint density at radius 1 is 1.07 bits per heavy atom. The molecule has 226 valence electrons. The van der Waals surface area contributed by atoms with E-state index in [9.17, 15) is 19.1 Å². The summed E-state index contributed by atoms with van der Waals surface area (Å²) in [5, 5.41) is 22.7. The molecule has 0 fully saturated rings. The number of hydrogen-bond donors (Lipinski definition) is 4. The second-order valence-corrected chi connectivity index (χ2v) is 10.4. The van der Waals surface area contributed by atoms with Crippen LogP contribution in [0, 0.1) is 5.82 Å². The van der Waals surface area contributed by atoms with Crippen molar-refractivity contribution in [3.63, 3.8) is 0 Å². The topological polar surface area (TPSA) is 188 Å². The number of aliphatic hydroxyl groups excluding tert-OH is 1. The van der Waals surface area contributed by atoms with Crippen molar-refractivity contribution in [2.75, 3.05) is 5.73 Å². The van der Waals surface area contributed by atoms with Gasteiger partial charge in [0.15, 0.2) is 23.6 Å². The summed E-state index contributed by atoms with van der Waals surface area (Å²) < 4.78 is 16.5. The number of nitrogens with zero attached hydrogens (tertiary/aromatic N) is 6. The number of halogens is 1. The minimum Gasteiger partial charge on any atom is -0.507 e. The van der Waals surface area contributed by atoms with Crippen LogP contribution in [-0.2, 0) is 19.4 Å². The predicted octanol–water partition coefficient (Wildman–Crippen LogP) is 3.67. The van der Waals surface area contributed by atoms with Crippen molar-refractivity contribution in [1.82, 2.24) is 29.3 Å². The molecule has 1 amide bonds. The average Bonchev–Trinajstić information content (AvgIpc) is 3.79. The Hall–Kier alpha value is -5.95. The Labute approximate surface area is 255 Å². The van der Waals surface area contributed by atoms with Crippen LogP contribution in [-0.4, -0.2) is 51.7 Å². The number of aliphatic hydroxyl groups is 1. The maximum absolute atomic E-state index is 12.8. The van der Waals surface area contributed by atoms with Crippen molar-refractivity contribution in [3.05, 3.63) is 107 Å². The van der Waals surface area contributed by atoms with Gasteiger partial charge in [-0.3, -0.25) is 14.2 Å². The fourth-order valence-electron chi connectivity index (χ4n) is 5.23. The minimum absolute atomic E-state index is 0.0697. The molecule has 1 aliphatic rings. The lowest BCUT2D eigenvalue weighted by Crippen LogP contribution is -2.13. The van der Waals surface area contributed by atoms with Gasteiger partial charge in [-0.15, -0.1) is 0 Å². The monoisotopic (exact) mass is 606 g/mol. The highest BCUT2D eigenvalue weighted by molar-refractivity contribution is 5.95. The largest absolute Gasteiger partial charge is 0.507 e. The molecule has 0 saturated heterocycles. The van der Waals surface area contributed by atoms with Gasteiger partial charge in [0.25, 0.3) is 5.91 Å². The van der Waals surface area contributed by atoms with E-state index >= 15 is 0 Å². The molecule has 4 aromatic heterocycles. The van der Waals surface area contributed by atoms with E-state index in [1.54, 1.807) is 23.3 Å². The molecule has 6 N–H and O–H groups in total. The fourth-order valence-corrected chi connectivity index (χ4v) is 5.23. The molecular formula is C32H27FN8O4. The number of amides is 1. The quantitative estimate of drug-likeness (QED) is 0.205. The van der Waals surface area contributed by atoms with Crippen LogP contribution >= 0.6 is 0 Å². The van der Waals surface area contributed by atoms with Crippen LogP contribution in [0.2, 0.25) is 0 Å². The van der Waals surface area contributed by atoms with E-state index < -0.39 is 23.0 Å². The number of carbonyl (C=O) groups excluding carboxylic acids is 2. The third kappa shape index (κ3) is 5.59. The lowest BCUT2D eigenvalue weighted by atomic mass is 10.1. The van der Waals surface area contributed by atoms with Crippen LogP contribution in [0.4, 0.5) is 10.2 Å². The first kappa shape index (κ1) is 29.1. The normalized spacial score (nSPS) is 12.0. The number of primary amides is 1. The number of nitrogens with two attached hydrogens (primary N) is 2. The molecule has 0 aliphatic heterocycles. The number of phenols is 1. The van der Waals surface area contributed by atoms with Gasteiger partial charge in [-0.25, -0.2) is 24.0 Å². The molecule has 0 spiro atoms. The summed E-state index contributed by atoms with van der Waals surface area (Å²) >= 11 is 0. The van der Waals surface area contributed by atoms with E-state index in [-0.39, 0.29) is 12.2 Å². The number of aromatic nitrogens is 6. The highest BCUT2D eigenvalue weighted by Gasteiger charge is 2.20. The molecule has 13 heteroatoms. The van der Waals surface area contributed by atoms with Gasteiger partial charge < -0.3 is 21.7 Å². The Bertz CT molecular complexity index is 2090. The van der Waals surface area contributed by atoms with Crippen molar-refractivity contribution >= 4 is 29.2 Å². The van der Waals surface area contributed by atoms with Gasteiger partial charge in [0.05, 0.1) is 29.5 Å². The van der Waals surface area contributed by atoms with Crippen molar-refractivity contribution in [1.29, 1.82) is 0 Å². The summed E-state index contributed by atoms with van der Waals surface area (Å²) in [7, 11) is 0. The number of imidazole rings is 1. The SMILES string of the molecule is NC(=O)c1cc(C=O)c(O)cc1F.Nc1ncccc1-c1nc2ccc(-n3cc(CO)cn3)nc2n1-c1ccc2c(c1)CCC2. The summed E-state index contributed by atoms with van der Waals surface area (Å²) in [4.78, 5) is 34.9. The Morgan fingerprint density at radius 2 is 1.89 bits per heavy atom. The molecule has 2 aromatic carbocycles. The molecule has 1 aliphatic carbocycles. The van der Waals surface area contributed by atoms with Crippen LogP contribution in [0.3, 0.4) is 0 Å². The van der Waals surface area contributed by atoms with E-state index in [1.807, 2.05) is 28.8 Å². The Balaban J connectivity index is 0.000000232.